The van der Waals surface area contributed by atoms with Gasteiger partial charge in [-0.15, -0.1) is 0 Å². The number of aromatic nitrogens is 1. The van der Waals surface area contributed by atoms with Crippen molar-refractivity contribution in [3.8, 4) is 0 Å². The molecule has 2 heterocycles. The highest BCUT2D eigenvalue weighted by molar-refractivity contribution is 5.47. The van der Waals surface area contributed by atoms with Crippen molar-refractivity contribution in [1.29, 1.82) is 0 Å². The van der Waals surface area contributed by atoms with E-state index < -0.39 is 0 Å². The smallest absolute Gasteiger partial charge is 0.131 e. The lowest BCUT2D eigenvalue weighted by Gasteiger charge is -2.43. The topological polar surface area (TPSA) is 45.4 Å². The zero-order chi connectivity index (χ0) is 13.9. The third-order valence-electron chi connectivity index (χ3n) is 3.81. The maximum Gasteiger partial charge on any atom is 0.131 e. The molecule has 1 saturated heterocycles. The van der Waals surface area contributed by atoms with Gasteiger partial charge in [-0.3, -0.25) is 4.90 Å². The van der Waals surface area contributed by atoms with E-state index in [1.807, 2.05) is 12.3 Å². The van der Waals surface area contributed by atoms with Crippen LogP contribution in [0.5, 0.6) is 0 Å². The van der Waals surface area contributed by atoms with Gasteiger partial charge in [0.2, 0.25) is 0 Å². The summed E-state index contributed by atoms with van der Waals surface area (Å²) in [6.45, 7) is 11.8. The number of hydrogen-bond acceptors (Lipinski definition) is 4. The van der Waals surface area contributed by atoms with Crippen molar-refractivity contribution in [3.05, 3.63) is 23.9 Å². The molecule has 1 fully saturated rings. The maximum atomic E-state index is 5.68. The Balaban J connectivity index is 2.05. The van der Waals surface area contributed by atoms with Gasteiger partial charge in [0.05, 0.1) is 0 Å². The molecule has 4 heteroatoms. The molecule has 2 rings (SSSR count). The van der Waals surface area contributed by atoms with Crippen molar-refractivity contribution in [2.75, 3.05) is 37.6 Å². The van der Waals surface area contributed by atoms with Gasteiger partial charge in [0.15, 0.2) is 0 Å². The number of hydrogen-bond donors (Lipinski definition) is 1. The molecule has 0 bridgehead atoms. The highest BCUT2D eigenvalue weighted by atomic mass is 15.3. The second-order valence-electron chi connectivity index (χ2n) is 6.17. The quantitative estimate of drug-likeness (QED) is 0.897. The number of nitrogens with zero attached hydrogens (tertiary/aromatic N) is 3. The monoisotopic (exact) mass is 262 g/mol. The van der Waals surface area contributed by atoms with E-state index in [0.29, 0.717) is 6.54 Å². The molecule has 19 heavy (non-hydrogen) atoms. The predicted molar refractivity (Wildman–Crippen MR) is 80.5 cm³/mol. The van der Waals surface area contributed by atoms with Gasteiger partial charge in [0.1, 0.15) is 5.82 Å². The standard InChI is InChI=1S/C15H26N4/c1-15(2,3)19-11-9-18(10-12-19)14-13(6-7-16)5-4-8-17-14/h4-5,8H,6-7,9-12,16H2,1-3H3. The van der Waals surface area contributed by atoms with Crippen molar-refractivity contribution >= 4 is 5.82 Å². The van der Waals surface area contributed by atoms with Crippen LogP contribution in [0.4, 0.5) is 5.82 Å². The van der Waals surface area contributed by atoms with Crippen LogP contribution in [0.2, 0.25) is 0 Å². The molecule has 4 nitrogen and oxygen atoms in total. The number of anilines is 1. The first-order valence-corrected chi connectivity index (χ1v) is 7.16. The molecule has 0 spiro atoms. The summed E-state index contributed by atoms with van der Waals surface area (Å²) in [4.78, 5) is 9.49. The molecule has 0 atom stereocenters. The van der Waals surface area contributed by atoms with E-state index in [-0.39, 0.29) is 5.54 Å². The Morgan fingerprint density at radius 3 is 2.47 bits per heavy atom. The first-order chi connectivity index (χ1) is 9.02. The molecule has 1 aliphatic heterocycles. The van der Waals surface area contributed by atoms with Crippen LogP contribution in [0.25, 0.3) is 0 Å². The van der Waals surface area contributed by atoms with Gasteiger partial charge in [-0.25, -0.2) is 4.98 Å². The molecule has 0 amide bonds. The summed E-state index contributed by atoms with van der Waals surface area (Å²) in [5, 5.41) is 0. The molecule has 1 aromatic rings. The Morgan fingerprint density at radius 2 is 1.89 bits per heavy atom. The lowest BCUT2D eigenvalue weighted by Crippen LogP contribution is -2.53. The molecule has 2 N–H and O–H groups in total. The van der Waals surface area contributed by atoms with Crippen molar-refractivity contribution < 1.29 is 0 Å². The van der Waals surface area contributed by atoms with Gasteiger partial charge in [-0.05, 0) is 45.4 Å². The zero-order valence-corrected chi connectivity index (χ0v) is 12.4. The normalized spacial score (nSPS) is 17.8. The second-order valence-corrected chi connectivity index (χ2v) is 6.17. The van der Waals surface area contributed by atoms with Crippen molar-refractivity contribution in [2.45, 2.75) is 32.7 Å². The second kappa shape index (κ2) is 5.88. The molecule has 0 radical (unpaired) electrons. The summed E-state index contributed by atoms with van der Waals surface area (Å²) >= 11 is 0. The number of piperazine rings is 1. The minimum absolute atomic E-state index is 0.260. The van der Waals surface area contributed by atoms with E-state index in [1.165, 1.54) is 5.56 Å². The highest BCUT2D eigenvalue weighted by Crippen LogP contribution is 2.22. The lowest BCUT2D eigenvalue weighted by atomic mass is 10.0. The van der Waals surface area contributed by atoms with Crippen LogP contribution in [0.3, 0.4) is 0 Å². The van der Waals surface area contributed by atoms with Crippen LogP contribution in [0, 0.1) is 0 Å². The van der Waals surface area contributed by atoms with Crippen molar-refractivity contribution in [2.24, 2.45) is 5.73 Å². The van der Waals surface area contributed by atoms with Gasteiger partial charge in [0.25, 0.3) is 0 Å². The molecule has 0 aromatic carbocycles. The van der Waals surface area contributed by atoms with Gasteiger partial charge in [-0.2, -0.15) is 0 Å². The minimum Gasteiger partial charge on any atom is -0.354 e. The van der Waals surface area contributed by atoms with E-state index in [1.54, 1.807) is 0 Å². The fourth-order valence-electron chi connectivity index (χ4n) is 2.65. The minimum atomic E-state index is 0.260. The van der Waals surface area contributed by atoms with Crippen LogP contribution in [0.1, 0.15) is 26.3 Å². The average Bonchev–Trinajstić information content (AvgIpc) is 2.39. The SMILES string of the molecule is CC(C)(C)N1CCN(c2ncccc2CCN)CC1. The fraction of sp³-hybridized carbons (Fsp3) is 0.667. The van der Waals surface area contributed by atoms with Crippen LogP contribution in [-0.2, 0) is 6.42 Å². The number of rotatable bonds is 3. The summed E-state index contributed by atoms with van der Waals surface area (Å²) in [7, 11) is 0. The van der Waals surface area contributed by atoms with E-state index in [9.17, 15) is 0 Å². The van der Waals surface area contributed by atoms with Gasteiger partial charge in [0, 0.05) is 37.9 Å². The fourth-order valence-corrected chi connectivity index (χ4v) is 2.65. The predicted octanol–water partition coefficient (Wildman–Crippen LogP) is 1.50. The van der Waals surface area contributed by atoms with E-state index >= 15 is 0 Å². The Labute approximate surface area is 116 Å². The lowest BCUT2D eigenvalue weighted by molar-refractivity contribution is 0.128. The average molecular weight is 262 g/mol. The van der Waals surface area contributed by atoms with Crippen LogP contribution in [0.15, 0.2) is 18.3 Å². The molecule has 1 aromatic heterocycles. The molecule has 0 unspecified atom stereocenters. The molecule has 0 saturated carbocycles. The largest absolute Gasteiger partial charge is 0.354 e. The Kier molecular flexibility index (Phi) is 4.42. The summed E-state index contributed by atoms with van der Waals surface area (Å²) in [5.41, 5.74) is 7.22. The molecule has 1 aliphatic rings. The van der Waals surface area contributed by atoms with Crippen LogP contribution in [-0.4, -0.2) is 48.1 Å². The molecule has 0 aliphatic carbocycles. The third kappa shape index (κ3) is 3.45. The van der Waals surface area contributed by atoms with Crippen LogP contribution >= 0.6 is 0 Å². The Bertz CT molecular complexity index is 403. The van der Waals surface area contributed by atoms with Gasteiger partial charge < -0.3 is 10.6 Å². The molecule has 106 valence electrons. The zero-order valence-electron chi connectivity index (χ0n) is 12.4. The summed E-state index contributed by atoms with van der Waals surface area (Å²) < 4.78 is 0. The first-order valence-electron chi connectivity index (χ1n) is 7.16. The number of pyridine rings is 1. The molecular weight excluding hydrogens is 236 g/mol. The maximum absolute atomic E-state index is 5.68. The van der Waals surface area contributed by atoms with E-state index in [2.05, 4.69) is 41.6 Å². The Hall–Kier alpha value is -1.13. The number of nitrogens with two attached hydrogens (primary N) is 1. The first kappa shape index (κ1) is 14.3. The highest BCUT2D eigenvalue weighted by Gasteiger charge is 2.26. The molecular formula is C15H26N4. The Morgan fingerprint density at radius 1 is 1.21 bits per heavy atom. The third-order valence-corrected chi connectivity index (χ3v) is 3.81. The van der Waals surface area contributed by atoms with E-state index in [4.69, 9.17) is 5.73 Å². The van der Waals surface area contributed by atoms with Crippen molar-refractivity contribution in [1.82, 2.24) is 9.88 Å². The van der Waals surface area contributed by atoms with Crippen molar-refractivity contribution in [3.63, 3.8) is 0 Å². The van der Waals surface area contributed by atoms with E-state index in [0.717, 1.165) is 38.4 Å². The van der Waals surface area contributed by atoms with Crippen LogP contribution < -0.4 is 10.6 Å². The van der Waals surface area contributed by atoms with Gasteiger partial charge >= 0.3 is 0 Å². The summed E-state index contributed by atoms with van der Waals surface area (Å²) in [6.07, 6.45) is 2.79. The summed E-state index contributed by atoms with van der Waals surface area (Å²) in [6, 6.07) is 4.14. The van der Waals surface area contributed by atoms with Gasteiger partial charge in [-0.1, -0.05) is 6.07 Å². The summed E-state index contributed by atoms with van der Waals surface area (Å²) in [5.74, 6) is 1.13.